The van der Waals surface area contributed by atoms with Crippen molar-refractivity contribution in [1.82, 2.24) is 14.5 Å². The molecule has 7 heteroatoms. The van der Waals surface area contributed by atoms with Crippen LogP contribution in [0.2, 0.25) is 0 Å². The molecule has 0 saturated carbocycles. The van der Waals surface area contributed by atoms with Gasteiger partial charge >= 0.3 is 0 Å². The molecular formula is C24H31N3O3S. The molecule has 1 N–H and O–H groups in total. The number of nitrogens with one attached hydrogen (secondary N) is 1. The fourth-order valence-electron chi connectivity index (χ4n) is 4.45. The van der Waals surface area contributed by atoms with Crippen molar-refractivity contribution in [3.05, 3.63) is 65.2 Å². The largest absolute Gasteiger partial charge is 0.350 e. The molecule has 0 bridgehead atoms. The number of rotatable bonds is 7. The zero-order valence-corrected chi connectivity index (χ0v) is 18.9. The molecule has 1 unspecified atom stereocenters. The fourth-order valence-corrected chi connectivity index (χ4v) is 5.92. The van der Waals surface area contributed by atoms with E-state index in [1.54, 1.807) is 10.4 Å². The van der Waals surface area contributed by atoms with E-state index in [9.17, 15) is 13.2 Å². The maximum absolute atomic E-state index is 13.1. The van der Waals surface area contributed by atoms with E-state index >= 15 is 0 Å². The van der Waals surface area contributed by atoms with Gasteiger partial charge in [-0.15, -0.1) is 0 Å². The number of nitrogens with zero attached hydrogens (tertiary/aromatic N) is 2. The summed E-state index contributed by atoms with van der Waals surface area (Å²) in [6, 6.07) is 15.5. The molecule has 1 aliphatic carbocycles. The average molecular weight is 442 g/mol. The molecule has 2 aliphatic rings. The summed E-state index contributed by atoms with van der Waals surface area (Å²) in [5, 5.41) is 3.04. The number of benzene rings is 2. The van der Waals surface area contributed by atoms with Gasteiger partial charge in [0.05, 0.1) is 10.9 Å². The molecule has 2 aromatic rings. The average Bonchev–Trinajstić information content (AvgIpc) is 3.26. The maximum Gasteiger partial charge on any atom is 0.243 e. The van der Waals surface area contributed by atoms with Crippen LogP contribution in [0.4, 0.5) is 0 Å². The van der Waals surface area contributed by atoms with Crippen molar-refractivity contribution in [3.8, 4) is 0 Å². The highest BCUT2D eigenvalue weighted by atomic mass is 32.2. The molecule has 1 atom stereocenters. The van der Waals surface area contributed by atoms with Crippen LogP contribution < -0.4 is 5.32 Å². The summed E-state index contributed by atoms with van der Waals surface area (Å²) < 4.78 is 27.7. The van der Waals surface area contributed by atoms with Crippen LogP contribution in [0.25, 0.3) is 0 Å². The summed E-state index contributed by atoms with van der Waals surface area (Å²) in [4.78, 5) is 14.9. The normalized spacial score (nSPS) is 18.5. The van der Waals surface area contributed by atoms with Crippen LogP contribution in [0, 0.1) is 0 Å². The second kappa shape index (κ2) is 9.51. The number of hydrogen-bond acceptors (Lipinski definition) is 4. The lowest BCUT2D eigenvalue weighted by molar-refractivity contribution is -0.122. The van der Waals surface area contributed by atoms with E-state index in [2.05, 4.69) is 10.2 Å². The third kappa shape index (κ3) is 5.17. The molecule has 0 aromatic heterocycles. The highest BCUT2D eigenvalue weighted by molar-refractivity contribution is 7.89. The van der Waals surface area contributed by atoms with Gasteiger partial charge in [0.15, 0.2) is 0 Å². The third-order valence-electron chi connectivity index (χ3n) is 6.37. The summed E-state index contributed by atoms with van der Waals surface area (Å²) in [5.41, 5.74) is 3.54. The molecular weight excluding hydrogens is 410 g/mol. The minimum Gasteiger partial charge on any atom is -0.350 e. The molecule has 1 saturated heterocycles. The number of piperazine rings is 1. The Kier molecular flexibility index (Phi) is 6.74. The molecule has 1 aliphatic heterocycles. The Morgan fingerprint density at radius 3 is 2.45 bits per heavy atom. The second-order valence-electron chi connectivity index (χ2n) is 8.48. The first-order valence-electron chi connectivity index (χ1n) is 11.1. The summed E-state index contributed by atoms with van der Waals surface area (Å²) in [6.07, 6.45) is 3.54. The Morgan fingerprint density at radius 1 is 1.00 bits per heavy atom. The standard InChI is InChI=1S/C24H31N3O3S/c1-19(20-6-3-2-4-7-20)25-24(28)12-13-26-14-16-27(17-15-26)31(29,30)23-11-10-21-8-5-9-22(21)18-23/h2-4,6-7,10-11,18-19H,5,8-9,12-17H2,1H3,(H,25,28). The molecule has 0 spiro atoms. The maximum atomic E-state index is 13.1. The summed E-state index contributed by atoms with van der Waals surface area (Å²) in [6.45, 7) is 4.83. The van der Waals surface area contributed by atoms with Crippen LogP contribution in [-0.4, -0.2) is 56.3 Å². The van der Waals surface area contributed by atoms with Crippen LogP contribution in [-0.2, 0) is 27.7 Å². The predicted molar refractivity (Wildman–Crippen MR) is 121 cm³/mol. The molecule has 4 rings (SSSR count). The highest BCUT2D eigenvalue weighted by Crippen LogP contribution is 2.26. The Bertz CT molecular complexity index is 1020. The smallest absolute Gasteiger partial charge is 0.243 e. The van der Waals surface area contributed by atoms with Crippen molar-refractivity contribution < 1.29 is 13.2 Å². The summed E-state index contributed by atoms with van der Waals surface area (Å²) in [7, 11) is -3.46. The van der Waals surface area contributed by atoms with Crippen molar-refractivity contribution in [2.24, 2.45) is 0 Å². The van der Waals surface area contributed by atoms with Gasteiger partial charge in [-0.1, -0.05) is 36.4 Å². The minimum absolute atomic E-state index is 0.0181. The van der Waals surface area contributed by atoms with Gasteiger partial charge in [0.25, 0.3) is 0 Å². The lowest BCUT2D eigenvalue weighted by Crippen LogP contribution is -2.49. The zero-order chi connectivity index (χ0) is 21.8. The van der Waals surface area contributed by atoms with E-state index in [1.807, 2.05) is 49.4 Å². The van der Waals surface area contributed by atoms with Gasteiger partial charge in [0.1, 0.15) is 0 Å². The lowest BCUT2D eigenvalue weighted by Gasteiger charge is -2.34. The number of amides is 1. The van der Waals surface area contributed by atoms with Crippen LogP contribution in [0.3, 0.4) is 0 Å². The number of sulfonamides is 1. The molecule has 6 nitrogen and oxygen atoms in total. The van der Waals surface area contributed by atoms with Crippen molar-refractivity contribution in [3.63, 3.8) is 0 Å². The third-order valence-corrected chi connectivity index (χ3v) is 8.27. The van der Waals surface area contributed by atoms with Crippen molar-refractivity contribution >= 4 is 15.9 Å². The van der Waals surface area contributed by atoms with Crippen molar-refractivity contribution in [2.75, 3.05) is 32.7 Å². The number of carbonyl (C=O) groups is 1. The monoisotopic (exact) mass is 441 g/mol. The summed E-state index contributed by atoms with van der Waals surface area (Å²) >= 11 is 0. The van der Waals surface area contributed by atoms with Gasteiger partial charge < -0.3 is 10.2 Å². The Hall–Kier alpha value is -2.22. The van der Waals surface area contributed by atoms with Gasteiger partial charge in [0, 0.05) is 39.1 Å². The highest BCUT2D eigenvalue weighted by Gasteiger charge is 2.29. The quantitative estimate of drug-likeness (QED) is 0.717. The van der Waals surface area contributed by atoms with E-state index in [0.29, 0.717) is 44.0 Å². The number of hydrogen-bond donors (Lipinski definition) is 1. The second-order valence-corrected chi connectivity index (χ2v) is 10.4. The van der Waals surface area contributed by atoms with Crippen molar-refractivity contribution in [1.29, 1.82) is 0 Å². The molecule has 1 fully saturated rings. The van der Waals surface area contributed by atoms with E-state index in [0.717, 1.165) is 24.8 Å². The van der Waals surface area contributed by atoms with Gasteiger partial charge in [-0.3, -0.25) is 4.79 Å². The van der Waals surface area contributed by atoms with Crippen LogP contribution >= 0.6 is 0 Å². The molecule has 166 valence electrons. The minimum atomic E-state index is -3.46. The molecule has 2 aromatic carbocycles. The fraction of sp³-hybridized carbons (Fsp3) is 0.458. The topological polar surface area (TPSA) is 69.7 Å². The molecule has 31 heavy (non-hydrogen) atoms. The van der Waals surface area contributed by atoms with Crippen LogP contribution in [0.15, 0.2) is 53.4 Å². The lowest BCUT2D eigenvalue weighted by atomic mass is 10.1. The first-order valence-corrected chi connectivity index (χ1v) is 12.6. The van der Waals surface area contributed by atoms with E-state index < -0.39 is 10.0 Å². The van der Waals surface area contributed by atoms with Gasteiger partial charge in [-0.25, -0.2) is 8.42 Å². The Labute approximate surface area is 185 Å². The molecule has 1 amide bonds. The first-order chi connectivity index (χ1) is 14.9. The molecule has 0 radical (unpaired) electrons. The van der Waals surface area contributed by atoms with Gasteiger partial charge in [-0.05, 0) is 55.0 Å². The van der Waals surface area contributed by atoms with Gasteiger partial charge in [-0.2, -0.15) is 4.31 Å². The number of fused-ring (bicyclic) bond motifs is 1. The number of carbonyl (C=O) groups excluding carboxylic acids is 1. The predicted octanol–water partition coefficient (Wildman–Crippen LogP) is 2.75. The van der Waals surface area contributed by atoms with Crippen molar-refractivity contribution in [2.45, 2.75) is 43.5 Å². The Balaban J connectivity index is 1.25. The van der Waals surface area contributed by atoms with E-state index in [4.69, 9.17) is 0 Å². The van der Waals surface area contributed by atoms with Crippen LogP contribution in [0.1, 0.15) is 42.5 Å². The zero-order valence-electron chi connectivity index (χ0n) is 18.1. The van der Waals surface area contributed by atoms with Gasteiger partial charge in [0.2, 0.25) is 15.9 Å². The summed E-state index contributed by atoms with van der Waals surface area (Å²) in [5.74, 6) is 0.0181. The van der Waals surface area contributed by atoms with Crippen LogP contribution in [0.5, 0.6) is 0 Å². The first kappa shape index (κ1) is 22.0. The molecule has 1 heterocycles. The van der Waals surface area contributed by atoms with E-state index in [1.165, 1.54) is 11.1 Å². The number of aryl methyl sites for hydroxylation is 2. The van der Waals surface area contributed by atoms with E-state index in [-0.39, 0.29) is 11.9 Å². The Morgan fingerprint density at radius 2 is 1.71 bits per heavy atom. The SMILES string of the molecule is CC(NC(=O)CCN1CCN(S(=O)(=O)c2ccc3c(c2)CCC3)CC1)c1ccccc1.